The average molecular weight is 357 g/mol. The van der Waals surface area contributed by atoms with Gasteiger partial charge in [-0.05, 0) is 18.6 Å². The monoisotopic (exact) mass is 356 g/mol. The molecule has 1 aliphatic heterocycles. The smallest absolute Gasteiger partial charge is 0.320 e. The van der Waals surface area contributed by atoms with Gasteiger partial charge in [0.25, 0.3) is 0 Å². The zero-order valence-corrected chi connectivity index (χ0v) is 14.8. The third-order valence-electron chi connectivity index (χ3n) is 3.81. The lowest BCUT2D eigenvalue weighted by Gasteiger charge is -2.31. The molecule has 1 aliphatic rings. The summed E-state index contributed by atoms with van der Waals surface area (Å²) in [6.07, 6.45) is 0. The molecule has 2 rings (SSSR count). The van der Waals surface area contributed by atoms with Gasteiger partial charge in [-0.3, -0.25) is 9.59 Å². The van der Waals surface area contributed by atoms with Gasteiger partial charge in [-0.25, -0.2) is 0 Å². The Balaban J connectivity index is 1.87. The number of hydrogen-bond donors (Lipinski definition) is 1. The number of benzene rings is 1. The molecule has 0 aliphatic carbocycles. The van der Waals surface area contributed by atoms with Crippen LogP contribution in [0.5, 0.6) is 0 Å². The summed E-state index contributed by atoms with van der Waals surface area (Å²) >= 11 is 7.70. The third-order valence-corrected chi connectivity index (χ3v) is 5.32. The number of nitrogens with zero attached hydrogens (tertiary/aromatic N) is 1. The molecule has 0 spiro atoms. The van der Waals surface area contributed by atoms with E-state index in [-0.39, 0.29) is 29.7 Å². The molecule has 5 nitrogen and oxygen atoms in total. The minimum absolute atomic E-state index is 0.0156. The summed E-state index contributed by atoms with van der Waals surface area (Å²) in [4.78, 5) is 25.7. The fraction of sp³-hybridized carbons (Fsp3) is 0.500. The van der Waals surface area contributed by atoms with Crippen molar-refractivity contribution >= 4 is 35.2 Å². The van der Waals surface area contributed by atoms with E-state index in [1.165, 1.54) is 18.9 Å². The van der Waals surface area contributed by atoms with Crippen molar-refractivity contribution < 1.29 is 14.3 Å². The third kappa shape index (κ3) is 4.86. The molecule has 1 aromatic rings. The van der Waals surface area contributed by atoms with Gasteiger partial charge >= 0.3 is 5.97 Å². The molecule has 2 atom stereocenters. The summed E-state index contributed by atoms with van der Waals surface area (Å²) < 4.78 is 4.76. The quantitative estimate of drug-likeness (QED) is 0.819. The molecule has 0 unspecified atom stereocenters. The number of halogens is 1. The largest absolute Gasteiger partial charge is 0.468 e. The molecule has 0 bridgehead atoms. The number of carbonyl (C=O) groups is 2. The molecule has 1 aromatic carbocycles. The molecule has 1 saturated heterocycles. The van der Waals surface area contributed by atoms with Gasteiger partial charge in [0.05, 0.1) is 13.7 Å². The molecule has 1 heterocycles. The second kappa shape index (κ2) is 8.57. The van der Waals surface area contributed by atoms with Crippen molar-refractivity contribution in [2.45, 2.75) is 18.2 Å². The van der Waals surface area contributed by atoms with Crippen molar-refractivity contribution in [2.75, 3.05) is 32.5 Å². The number of rotatable bonds is 5. The second-order valence-corrected chi connectivity index (χ2v) is 7.06. The molecular formula is C16H21ClN2O3S. The highest BCUT2D eigenvalue weighted by Gasteiger charge is 2.29. The van der Waals surface area contributed by atoms with Crippen molar-refractivity contribution in [1.29, 1.82) is 0 Å². The van der Waals surface area contributed by atoms with Crippen LogP contribution in [0.4, 0.5) is 0 Å². The molecule has 126 valence electrons. The number of hydrogen-bond acceptors (Lipinski definition) is 5. The Morgan fingerprint density at radius 3 is 2.91 bits per heavy atom. The number of esters is 1. The lowest BCUT2D eigenvalue weighted by atomic mass is 10.1. The molecule has 0 radical (unpaired) electrons. The first-order valence-electron chi connectivity index (χ1n) is 7.48. The van der Waals surface area contributed by atoms with Crippen molar-refractivity contribution in [3.05, 3.63) is 34.9 Å². The molecule has 1 amide bonds. The first-order chi connectivity index (χ1) is 11.0. The standard InChI is InChI=1S/C16H21ClN2O3S/c1-11(12-5-3-4-6-13(12)17)18-9-15(20)19-7-8-23-14(10-19)16(21)22-2/h3-6,11,14,18H,7-10H2,1-2H3/t11-,14-/m0/s1. The summed E-state index contributed by atoms with van der Waals surface area (Å²) in [7, 11) is 1.37. The maximum absolute atomic E-state index is 12.3. The van der Waals surface area contributed by atoms with E-state index >= 15 is 0 Å². The van der Waals surface area contributed by atoms with E-state index in [4.69, 9.17) is 16.3 Å². The van der Waals surface area contributed by atoms with E-state index < -0.39 is 0 Å². The van der Waals surface area contributed by atoms with Crippen LogP contribution in [0.15, 0.2) is 24.3 Å². The van der Waals surface area contributed by atoms with Crippen LogP contribution in [0.1, 0.15) is 18.5 Å². The average Bonchev–Trinajstić information content (AvgIpc) is 2.59. The van der Waals surface area contributed by atoms with Gasteiger partial charge in [-0.2, -0.15) is 0 Å². The lowest BCUT2D eigenvalue weighted by molar-refractivity contribution is -0.141. The van der Waals surface area contributed by atoms with Crippen molar-refractivity contribution in [3.63, 3.8) is 0 Å². The van der Waals surface area contributed by atoms with Crippen molar-refractivity contribution in [1.82, 2.24) is 10.2 Å². The normalized spacial score (nSPS) is 19.3. The van der Waals surface area contributed by atoms with Crippen LogP contribution in [0, 0.1) is 0 Å². The number of methoxy groups -OCH3 is 1. The van der Waals surface area contributed by atoms with Crippen molar-refractivity contribution in [2.24, 2.45) is 0 Å². The minimum atomic E-state index is -0.293. The molecule has 0 aromatic heterocycles. The molecular weight excluding hydrogens is 336 g/mol. The van der Waals surface area contributed by atoms with E-state index in [0.717, 1.165) is 11.3 Å². The number of amides is 1. The highest BCUT2D eigenvalue weighted by Crippen LogP contribution is 2.22. The molecule has 0 saturated carbocycles. The SMILES string of the molecule is COC(=O)[C@@H]1CN(C(=O)CN[C@@H](C)c2ccccc2Cl)CCS1. The Bertz CT molecular complexity index is 570. The van der Waals surface area contributed by atoms with Crippen LogP contribution in [0.3, 0.4) is 0 Å². The van der Waals surface area contributed by atoms with E-state index in [1.54, 1.807) is 4.90 Å². The van der Waals surface area contributed by atoms with Gasteiger partial charge < -0.3 is 15.0 Å². The molecule has 1 N–H and O–H groups in total. The molecule has 1 fully saturated rings. The Hall–Kier alpha value is -1.24. The van der Waals surface area contributed by atoms with E-state index in [1.807, 2.05) is 31.2 Å². The van der Waals surface area contributed by atoms with Crippen LogP contribution in [-0.2, 0) is 14.3 Å². The maximum atomic E-state index is 12.3. The fourth-order valence-corrected chi connectivity index (χ4v) is 3.87. The van der Waals surface area contributed by atoms with Gasteiger partial charge in [-0.15, -0.1) is 11.8 Å². The topological polar surface area (TPSA) is 58.6 Å². The zero-order valence-electron chi connectivity index (χ0n) is 13.3. The number of ether oxygens (including phenoxy) is 1. The Morgan fingerprint density at radius 1 is 1.48 bits per heavy atom. The van der Waals surface area contributed by atoms with Crippen LogP contribution < -0.4 is 5.32 Å². The zero-order chi connectivity index (χ0) is 16.8. The summed E-state index contributed by atoms with van der Waals surface area (Å²) in [6, 6.07) is 7.55. The Morgan fingerprint density at radius 2 is 2.22 bits per heavy atom. The summed E-state index contributed by atoms with van der Waals surface area (Å²) in [6.45, 7) is 3.24. The molecule has 23 heavy (non-hydrogen) atoms. The van der Waals surface area contributed by atoms with Crippen LogP contribution in [-0.4, -0.2) is 54.5 Å². The summed E-state index contributed by atoms with van der Waals surface area (Å²) in [5, 5.41) is 3.58. The Labute approximate surface area is 145 Å². The van der Waals surface area contributed by atoms with E-state index in [2.05, 4.69) is 5.32 Å². The highest BCUT2D eigenvalue weighted by atomic mass is 35.5. The van der Waals surface area contributed by atoms with Gasteiger partial charge in [-0.1, -0.05) is 29.8 Å². The van der Waals surface area contributed by atoms with Gasteiger partial charge in [0, 0.05) is 29.9 Å². The van der Waals surface area contributed by atoms with Crippen LogP contribution >= 0.6 is 23.4 Å². The second-order valence-electron chi connectivity index (χ2n) is 5.35. The first-order valence-corrected chi connectivity index (χ1v) is 8.90. The fourth-order valence-electron chi connectivity index (χ4n) is 2.44. The minimum Gasteiger partial charge on any atom is -0.468 e. The summed E-state index contributed by atoms with van der Waals surface area (Å²) in [5.41, 5.74) is 0.962. The number of nitrogens with one attached hydrogen (secondary N) is 1. The van der Waals surface area contributed by atoms with E-state index in [0.29, 0.717) is 18.1 Å². The van der Waals surface area contributed by atoms with Gasteiger partial charge in [0.2, 0.25) is 5.91 Å². The highest BCUT2D eigenvalue weighted by molar-refractivity contribution is 8.00. The summed E-state index contributed by atoms with van der Waals surface area (Å²) in [5.74, 6) is 0.453. The lowest BCUT2D eigenvalue weighted by Crippen LogP contribution is -2.48. The number of carbonyl (C=O) groups excluding carboxylic acids is 2. The predicted octanol–water partition coefficient (Wildman–Crippen LogP) is 2.11. The van der Waals surface area contributed by atoms with Crippen LogP contribution in [0.2, 0.25) is 5.02 Å². The first kappa shape index (κ1) is 18.1. The molecule has 7 heteroatoms. The van der Waals surface area contributed by atoms with Crippen molar-refractivity contribution in [3.8, 4) is 0 Å². The van der Waals surface area contributed by atoms with Crippen LogP contribution in [0.25, 0.3) is 0 Å². The number of thioether (sulfide) groups is 1. The van der Waals surface area contributed by atoms with Gasteiger partial charge in [0.1, 0.15) is 5.25 Å². The van der Waals surface area contributed by atoms with Gasteiger partial charge in [0.15, 0.2) is 0 Å². The van der Waals surface area contributed by atoms with E-state index in [9.17, 15) is 9.59 Å². The predicted molar refractivity (Wildman–Crippen MR) is 92.7 cm³/mol. The maximum Gasteiger partial charge on any atom is 0.320 e. The Kier molecular flexibility index (Phi) is 6.74.